The highest BCUT2D eigenvalue weighted by atomic mass is 32.2. The van der Waals surface area contributed by atoms with Gasteiger partial charge in [0.2, 0.25) is 0 Å². The molecule has 0 amide bonds. The van der Waals surface area contributed by atoms with Gasteiger partial charge in [-0.05, 0) is 30.7 Å². The fraction of sp³-hybridized carbons (Fsp3) is 0.538. The van der Waals surface area contributed by atoms with Crippen LogP contribution in [0.4, 0.5) is 13.2 Å². The molecule has 0 saturated carbocycles. The molecule has 1 rings (SSSR count). The fourth-order valence-corrected chi connectivity index (χ4v) is 2.58. The van der Waals surface area contributed by atoms with Crippen molar-refractivity contribution < 1.29 is 21.6 Å². The van der Waals surface area contributed by atoms with Crippen molar-refractivity contribution in [2.75, 3.05) is 12.8 Å². The number of rotatable bonds is 6. The highest BCUT2D eigenvalue weighted by Gasteiger charge is 2.28. The SMILES string of the molecule is CCNC(CCC(F)(F)F)c1cccc(S(C)(=O)=O)c1. The Morgan fingerprint density at radius 2 is 1.95 bits per heavy atom. The van der Waals surface area contributed by atoms with Gasteiger partial charge in [-0.3, -0.25) is 0 Å². The normalized spacial score (nSPS) is 14.2. The van der Waals surface area contributed by atoms with Gasteiger partial charge in [-0.2, -0.15) is 13.2 Å². The van der Waals surface area contributed by atoms with E-state index in [9.17, 15) is 21.6 Å². The van der Waals surface area contributed by atoms with Crippen LogP contribution in [0.5, 0.6) is 0 Å². The van der Waals surface area contributed by atoms with Crippen molar-refractivity contribution in [3.8, 4) is 0 Å². The van der Waals surface area contributed by atoms with E-state index in [1.807, 2.05) is 0 Å². The summed E-state index contributed by atoms with van der Waals surface area (Å²) in [4.78, 5) is 0.116. The van der Waals surface area contributed by atoms with Crippen LogP contribution in [0.1, 0.15) is 31.4 Å². The van der Waals surface area contributed by atoms with E-state index in [-0.39, 0.29) is 11.3 Å². The van der Waals surface area contributed by atoms with E-state index in [2.05, 4.69) is 5.32 Å². The Morgan fingerprint density at radius 3 is 2.45 bits per heavy atom. The predicted octanol–water partition coefficient (Wildman–Crippen LogP) is 3.08. The summed E-state index contributed by atoms with van der Waals surface area (Å²) < 4.78 is 59.9. The first-order valence-corrected chi connectivity index (χ1v) is 8.13. The molecule has 3 nitrogen and oxygen atoms in total. The number of hydrogen-bond donors (Lipinski definition) is 1. The zero-order chi connectivity index (χ0) is 15.4. The molecule has 0 spiro atoms. The van der Waals surface area contributed by atoms with E-state index in [0.717, 1.165) is 6.26 Å². The average Bonchev–Trinajstić information content (AvgIpc) is 2.32. The van der Waals surface area contributed by atoms with Crippen LogP contribution in [0.15, 0.2) is 29.2 Å². The molecule has 0 radical (unpaired) electrons. The summed E-state index contributed by atoms with van der Waals surface area (Å²) in [6.45, 7) is 2.30. The van der Waals surface area contributed by atoms with Gasteiger partial charge in [0.1, 0.15) is 0 Å². The van der Waals surface area contributed by atoms with Crippen LogP contribution in [0.3, 0.4) is 0 Å². The van der Waals surface area contributed by atoms with Gasteiger partial charge in [-0.1, -0.05) is 19.1 Å². The largest absolute Gasteiger partial charge is 0.389 e. The molecule has 1 atom stereocenters. The lowest BCUT2D eigenvalue weighted by Crippen LogP contribution is -2.23. The summed E-state index contributed by atoms with van der Waals surface area (Å²) in [6.07, 6.45) is -4.18. The molecule has 0 aliphatic heterocycles. The molecule has 0 saturated heterocycles. The first-order chi connectivity index (χ1) is 9.13. The molecule has 0 fully saturated rings. The van der Waals surface area contributed by atoms with Crippen molar-refractivity contribution in [1.82, 2.24) is 5.32 Å². The molecular formula is C13H18F3NO2S. The molecule has 1 unspecified atom stereocenters. The first kappa shape index (κ1) is 17.0. The molecule has 7 heteroatoms. The van der Waals surface area contributed by atoms with Crippen molar-refractivity contribution in [3.63, 3.8) is 0 Å². The van der Waals surface area contributed by atoms with Crippen molar-refractivity contribution in [3.05, 3.63) is 29.8 Å². The van der Waals surface area contributed by atoms with Crippen LogP contribution in [0, 0.1) is 0 Å². The van der Waals surface area contributed by atoms with Gasteiger partial charge in [-0.25, -0.2) is 8.42 Å². The molecule has 0 aromatic heterocycles. The van der Waals surface area contributed by atoms with Crippen molar-refractivity contribution in [2.24, 2.45) is 0 Å². The van der Waals surface area contributed by atoms with Gasteiger partial charge in [0.25, 0.3) is 0 Å². The number of nitrogens with one attached hydrogen (secondary N) is 1. The fourth-order valence-electron chi connectivity index (χ4n) is 1.90. The highest BCUT2D eigenvalue weighted by Crippen LogP contribution is 2.28. The van der Waals surface area contributed by atoms with Gasteiger partial charge < -0.3 is 5.32 Å². The Kier molecular flexibility index (Phi) is 5.59. The average molecular weight is 309 g/mol. The van der Waals surface area contributed by atoms with Gasteiger partial charge in [0, 0.05) is 18.7 Å². The third-order valence-electron chi connectivity index (χ3n) is 2.86. The molecule has 0 heterocycles. The number of benzene rings is 1. The van der Waals surface area contributed by atoms with Crippen LogP contribution in [0.2, 0.25) is 0 Å². The van der Waals surface area contributed by atoms with Crippen LogP contribution in [-0.2, 0) is 9.84 Å². The van der Waals surface area contributed by atoms with Crippen LogP contribution in [0.25, 0.3) is 0 Å². The van der Waals surface area contributed by atoms with E-state index < -0.39 is 28.5 Å². The zero-order valence-corrected chi connectivity index (χ0v) is 12.2. The Bertz CT molecular complexity index is 541. The Hall–Kier alpha value is -1.08. The topological polar surface area (TPSA) is 46.2 Å². The quantitative estimate of drug-likeness (QED) is 0.878. The summed E-state index contributed by atoms with van der Waals surface area (Å²) in [5, 5.41) is 2.96. The summed E-state index contributed by atoms with van der Waals surface area (Å²) in [5.41, 5.74) is 0.555. The first-order valence-electron chi connectivity index (χ1n) is 6.23. The minimum atomic E-state index is -4.22. The Balaban J connectivity index is 2.97. The molecule has 20 heavy (non-hydrogen) atoms. The van der Waals surface area contributed by atoms with Gasteiger partial charge in [0.15, 0.2) is 9.84 Å². The maximum atomic E-state index is 12.3. The Morgan fingerprint density at radius 1 is 1.30 bits per heavy atom. The second-order valence-corrected chi connectivity index (χ2v) is 6.62. The summed E-state index contributed by atoms with van der Waals surface area (Å²) in [5.74, 6) is 0. The van der Waals surface area contributed by atoms with Crippen LogP contribution >= 0.6 is 0 Å². The minimum Gasteiger partial charge on any atom is -0.310 e. The van der Waals surface area contributed by atoms with E-state index in [0.29, 0.717) is 12.1 Å². The van der Waals surface area contributed by atoms with E-state index in [4.69, 9.17) is 0 Å². The number of alkyl halides is 3. The highest BCUT2D eigenvalue weighted by molar-refractivity contribution is 7.90. The second-order valence-electron chi connectivity index (χ2n) is 4.61. The van der Waals surface area contributed by atoms with Gasteiger partial charge in [-0.15, -0.1) is 0 Å². The lowest BCUT2D eigenvalue weighted by molar-refractivity contribution is -0.136. The molecule has 1 N–H and O–H groups in total. The lowest BCUT2D eigenvalue weighted by atomic mass is 10.0. The zero-order valence-electron chi connectivity index (χ0n) is 11.4. The maximum Gasteiger partial charge on any atom is 0.389 e. The third-order valence-corrected chi connectivity index (χ3v) is 3.97. The summed E-state index contributed by atoms with van der Waals surface area (Å²) in [7, 11) is -3.37. The minimum absolute atomic E-state index is 0.116. The molecule has 0 aliphatic carbocycles. The standard InChI is InChI=1S/C13H18F3NO2S/c1-3-17-12(7-8-13(14,15)16)10-5-4-6-11(9-10)20(2,18)19/h4-6,9,12,17H,3,7-8H2,1-2H3. The second kappa shape index (κ2) is 6.58. The van der Waals surface area contributed by atoms with Crippen LogP contribution in [-0.4, -0.2) is 27.4 Å². The van der Waals surface area contributed by atoms with Crippen molar-refractivity contribution in [2.45, 2.75) is 36.9 Å². The van der Waals surface area contributed by atoms with Crippen LogP contribution < -0.4 is 5.32 Å². The molecule has 0 aliphatic rings. The number of hydrogen-bond acceptors (Lipinski definition) is 3. The molecular weight excluding hydrogens is 291 g/mol. The molecule has 1 aromatic rings. The third kappa shape index (κ3) is 5.50. The maximum absolute atomic E-state index is 12.3. The monoisotopic (exact) mass is 309 g/mol. The predicted molar refractivity (Wildman–Crippen MR) is 71.3 cm³/mol. The van der Waals surface area contributed by atoms with Gasteiger partial charge >= 0.3 is 6.18 Å². The smallest absolute Gasteiger partial charge is 0.310 e. The van der Waals surface area contributed by atoms with E-state index in [1.54, 1.807) is 19.1 Å². The summed E-state index contributed by atoms with van der Waals surface area (Å²) >= 11 is 0. The van der Waals surface area contributed by atoms with E-state index in [1.165, 1.54) is 12.1 Å². The van der Waals surface area contributed by atoms with Gasteiger partial charge in [0.05, 0.1) is 4.90 Å². The molecule has 0 bridgehead atoms. The number of halogens is 3. The lowest BCUT2D eigenvalue weighted by Gasteiger charge is -2.19. The number of sulfone groups is 1. The molecule has 114 valence electrons. The van der Waals surface area contributed by atoms with Crippen molar-refractivity contribution in [1.29, 1.82) is 0 Å². The summed E-state index contributed by atoms with van der Waals surface area (Å²) in [6, 6.07) is 5.54. The Labute approximate surface area is 117 Å². The van der Waals surface area contributed by atoms with E-state index >= 15 is 0 Å². The molecule has 1 aromatic carbocycles. The van der Waals surface area contributed by atoms with Crippen molar-refractivity contribution >= 4 is 9.84 Å².